The number of carbonyl (C=O) groups is 1. The molecular weight excluding hydrogens is 372 g/mol. The standard InChI is InChI=1S/C22H18N2O5/c1-13-3-8-18-16(10-20(25)29-19(18)9-13)12-28-21(26)15-4-6-17(7-5-15)24-14(2)11-23-22(24)27/h3-11H,12H2,1-2H3,(H,23,27). The molecule has 0 bridgehead atoms. The number of aromatic amines is 1. The summed E-state index contributed by atoms with van der Waals surface area (Å²) in [6.07, 6.45) is 1.62. The summed E-state index contributed by atoms with van der Waals surface area (Å²) in [6, 6.07) is 13.4. The molecule has 0 saturated heterocycles. The van der Waals surface area contributed by atoms with Gasteiger partial charge in [0.15, 0.2) is 0 Å². The Morgan fingerprint density at radius 2 is 1.83 bits per heavy atom. The summed E-state index contributed by atoms with van der Waals surface area (Å²) in [6.45, 7) is 3.66. The van der Waals surface area contributed by atoms with E-state index in [2.05, 4.69) is 4.98 Å². The van der Waals surface area contributed by atoms with Gasteiger partial charge in [-0.05, 0) is 49.7 Å². The van der Waals surface area contributed by atoms with Gasteiger partial charge in [-0.1, -0.05) is 12.1 Å². The molecule has 0 unspecified atom stereocenters. The number of esters is 1. The van der Waals surface area contributed by atoms with Crippen molar-refractivity contribution < 1.29 is 13.9 Å². The molecule has 1 N–H and O–H groups in total. The van der Waals surface area contributed by atoms with Crippen LogP contribution < -0.4 is 11.3 Å². The molecule has 146 valence electrons. The second-order valence-electron chi connectivity index (χ2n) is 6.78. The molecule has 0 aliphatic heterocycles. The molecule has 4 aromatic rings. The van der Waals surface area contributed by atoms with Gasteiger partial charge in [0.25, 0.3) is 0 Å². The van der Waals surface area contributed by atoms with Crippen LogP contribution in [0.4, 0.5) is 0 Å². The summed E-state index contributed by atoms with van der Waals surface area (Å²) >= 11 is 0. The van der Waals surface area contributed by atoms with Gasteiger partial charge in [0, 0.05) is 28.9 Å². The number of nitrogens with zero attached hydrogens (tertiary/aromatic N) is 1. The molecule has 2 aromatic heterocycles. The van der Waals surface area contributed by atoms with E-state index in [-0.39, 0.29) is 12.3 Å². The maximum atomic E-state index is 12.4. The van der Waals surface area contributed by atoms with Gasteiger partial charge in [-0.15, -0.1) is 0 Å². The zero-order chi connectivity index (χ0) is 20.5. The number of carbonyl (C=O) groups excluding carboxylic acids is 1. The molecule has 7 heteroatoms. The van der Waals surface area contributed by atoms with Gasteiger partial charge >= 0.3 is 17.3 Å². The number of aromatic nitrogens is 2. The number of ether oxygens (including phenoxy) is 1. The van der Waals surface area contributed by atoms with Crippen molar-refractivity contribution in [3.8, 4) is 5.69 Å². The first-order chi connectivity index (χ1) is 13.9. The molecule has 0 fully saturated rings. The van der Waals surface area contributed by atoms with Gasteiger partial charge in [0.2, 0.25) is 0 Å². The van der Waals surface area contributed by atoms with Crippen molar-refractivity contribution in [3.05, 3.63) is 98.0 Å². The Morgan fingerprint density at radius 3 is 2.52 bits per heavy atom. The Kier molecular flexibility index (Phi) is 4.64. The van der Waals surface area contributed by atoms with Gasteiger partial charge < -0.3 is 14.1 Å². The SMILES string of the molecule is Cc1ccc2c(COC(=O)c3ccc(-n4c(C)c[nH]c4=O)cc3)cc(=O)oc2c1. The maximum Gasteiger partial charge on any atom is 0.338 e. The Bertz CT molecular complexity index is 1330. The van der Waals surface area contributed by atoms with E-state index in [0.29, 0.717) is 22.4 Å². The fourth-order valence-electron chi connectivity index (χ4n) is 3.21. The highest BCUT2D eigenvalue weighted by Gasteiger charge is 2.12. The van der Waals surface area contributed by atoms with E-state index in [9.17, 15) is 14.4 Å². The van der Waals surface area contributed by atoms with Crippen LogP contribution in [0.25, 0.3) is 16.7 Å². The topological polar surface area (TPSA) is 94.3 Å². The Balaban J connectivity index is 1.54. The van der Waals surface area contributed by atoms with Gasteiger partial charge in [-0.2, -0.15) is 0 Å². The predicted molar refractivity (Wildman–Crippen MR) is 107 cm³/mol. The monoisotopic (exact) mass is 390 g/mol. The molecule has 0 radical (unpaired) electrons. The Morgan fingerprint density at radius 1 is 1.07 bits per heavy atom. The van der Waals surface area contributed by atoms with E-state index < -0.39 is 11.6 Å². The van der Waals surface area contributed by atoms with Crippen molar-refractivity contribution in [2.24, 2.45) is 0 Å². The lowest BCUT2D eigenvalue weighted by atomic mass is 10.1. The normalized spacial score (nSPS) is 11.0. The van der Waals surface area contributed by atoms with Crippen LogP contribution in [0.15, 0.2) is 68.7 Å². The summed E-state index contributed by atoms with van der Waals surface area (Å²) in [7, 11) is 0. The van der Waals surface area contributed by atoms with Crippen molar-refractivity contribution in [2.75, 3.05) is 0 Å². The van der Waals surface area contributed by atoms with Gasteiger partial charge in [0.1, 0.15) is 12.2 Å². The number of aryl methyl sites for hydroxylation is 2. The highest BCUT2D eigenvalue weighted by atomic mass is 16.5. The molecule has 0 aliphatic rings. The quantitative estimate of drug-likeness (QED) is 0.426. The minimum absolute atomic E-state index is 0.0534. The van der Waals surface area contributed by atoms with E-state index in [0.717, 1.165) is 16.6 Å². The number of nitrogens with one attached hydrogen (secondary N) is 1. The van der Waals surface area contributed by atoms with Crippen LogP contribution in [0.5, 0.6) is 0 Å². The van der Waals surface area contributed by atoms with Gasteiger partial charge in [-0.25, -0.2) is 14.4 Å². The summed E-state index contributed by atoms with van der Waals surface area (Å²) in [5.41, 5.74) is 3.01. The number of H-pyrrole nitrogens is 1. The average molecular weight is 390 g/mol. The second-order valence-corrected chi connectivity index (χ2v) is 6.78. The zero-order valence-corrected chi connectivity index (χ0v) is 15.9. The summed E-state index contributed by atoms with van der Waals surface area (Å²) in [4.78, 5) is 38.7. The minimum Gasteiger partial charge on any atom is -0.457 e. The van der Waals surface area contributed by atoms with Crippen LogP contribution >= 0.6 is 0 Å². The lowest BCUT2D eigenvalue weighted by molar-refractivity contribution is 0.0474. The van der Waals surface area contributed by atoms with E-state index in [4.69, 9.17) is 9.15 Å². The second kappa shape index (κ2) is 7.27. The van der Waals surface area contributed by atoms with Gasteiger partial charge in [0.05, 0.1) is 11.3 Å². The molecule has 4 rings (SSSR count). The van der Waals surface area contributed by atoms with Crippen LogP contribution in [0.3, 0.4) is 0 Å². The molecule has 0 amide bonds. The summed E-state index contributed by atoms with van der Waals surface area (Å²) in [5, 5.41) is 0.723. The summed E-state index contributed by atoms with van der Waals surface area (Å²) < 4.78 is 12.1. The molecule has 7 nitrogen and oxygen atoms in total. The molecule has 29 heavy (non-hydrogen) atoms. The van der Waals surface area contributed by atoms with Crippen LogP contribution in [-0.2, 0) is 11.3 Å². The molecule has 0 spiro atoms. The first-order valence-electron chi connectivity index (χ1n) is 9.00. The molecular formula is C22H18N2O5. The van der Waals surface area contributed by atoms with Crippen molar-refractivity contribution in [1.29, 1.82) is 0 Å². The van der Waals surface area contributed by atoms with Crippen molar-refractivity contribution in [1.82, 2.24) is 9.55 Å². The molecule has 0 saturated carbocycles. The van der Waals surface area contributed by atoms with E-state index in [1.54, 1.807) is 36.5 Å². The Hall–Kier alpha value is -3.87. The van der Waals surface area contributed by atoms with Crippen LogP contribution in [-0.4, -0.2) is 15.5 Å². The van der Waals surface area contributed by atoms with Gasteiger partial charge in [-0.3, -0.25) is 4.57 Å². The fraction of sp³-hybridized carbons (Fsp3) is 0.136. The van der Waals surface area contributed by atoms with Crippen LogP contribution in [0.2, 0.25) is 0 Å². The number of fused-ring (bicyclic) bond motifs is 1. The largest absolute Gasteiger partial charge is 0.457 e. The third kappa shape index (κ3) is 3.62. The maximum absolute atomic E-state index is 12.4. The lowest BCUT2D eigenvalue weighted by Crippen LogP contribution is -2.16. The molecule has 2 aromatic carbocycles. The first kappa shape index (κ1) is 18.5. The highest BCUT2D eigenvalue weighted by molar-refractivity contribution is 5.90. The fourth-order valence-corrected chi connectivity index (χ4v) is 3.21. The van der Waals surface area contributed by atoms with E-state index >= 15 is 0 Å². The third-order valence-electron chi connectivity index (χ3n) is 4.67. The molecule has 2 heterocycles. The van der Waals surface area contributed by atoms with Crippen molar-refractivity contribution in [3.63, 3.8) is 0 Å². The predicted octanol–water partition coefficient (Wildman–Crippen LogP) is 3.25. The number of rotatable bonds is 4. The first-order valence-corrected chi connectivity index (χ1v) is 9.00. The minimum atomic E-state index is -0.525. The smallest absolute Gasteiger partial charge is 0.338 e. The number of benzene rings is 2. The number of imidazole rings is 1. The average Bonchev–Trinajstić information content (AvgIpc) is 3.03. The van der Waals surface area contributed by atoms with Crippen molar-refractivity contribution in [2.45, 2.75) is 20.5 Å². The lowest BCUT2D eigenvalue weighted by Gasteiger charge is -2.09. The third-order valence-corrected chi connectivity index (χ3v) is 4.67. The molecule has 0 atom stereocenters. The van der Waals surface area contributed by atoms with E-state index in [1.165, 1.54) is 10.6 Å². The Labute approximate surface area is 165 Å². The van der Waals surface area contributed by atoms with Crippen LogP contribution in [0.1, 0.15) is 27.2 Å². The van der Waals surface area contributed by atoms with Crippen molar-refractivity contribution >= 4 is 16.9 Å². The number of hydrogen-bond acceptors (Lipinski definition) is 5. The zero-order valence-electron chi connectivity index (χ0n) is 15.9. The number of hydrogen-bond donors (Lipinski definition) is 1. The molecule has 0 aliphatic carbocycles. The summed E-state index contributed by atoms with van der Waals surface area (Å²) in [5.74, 6) is -0.525. The highest BCUT2D eigenvalue weighted by Crippen LogP contribution is 2.20. The van der Waals surface area contributed by atoms with E-state index in [1.807, 2.05) is 26.0 Å². The van der Waals surface area contributed by atoms with Crippen LogP contribution in [0, 0.1) is 13.8 Å².